The van der Waals surface area contributed by atoms with E-state index in [0.29, 0.717) is 32.5 Å². The first-order valence-corrected chi connectivity index (χ1v) is 10.5. The first-order chi connectivity index (χ1) is 15.1. The van der Waals surface area contributed by atoms with E-state index in [1.54, 1.807) is 36.5 Å². The maximum Gasteiger partial charge on any atom is 0.242 e. The minimum atomic E-state index is -0.516. The fraction of sp³-hybridized carbons (Fsp3) is 0. The van der Waals surface area contributed by atoms with Gasteiger partial charge in [-0.1, -0.05) is 59.3 Å². The van der Waals surface area contributed by atoms with E-state index in [1.807, 2.05) is 30.3 Å². The van der Waals surface area contributed by atoms with E-state index >= 15 is 0 Å². The lowest BCUT2D eigenvalue weighted by molar-refractivity contribution is 0.103. The van der Waals surface area contributed by atoms with E-state index in [9.17, 15) is 15.0 Å². The van der Waals surface area contributed by atoms with E-state index in [1.165, 1.54) is 22.1 Å². The molecule has 0 fully saturated rings. The summed E-state index contributed by atoms with van der Waals surface area (Å²) in [4.78, 5) is 21.9. The van der Waals surface area contributed by atoms with E-state index in [4.69, 9.17) is 11.6 Å². The summed E-state index contributed by atoms with van der Waals surface area (Å²) in [5, 5.41) is 22.6. The van der Waals surface area contributed by atoms with Crippen LogP contribution < -0.4 is 0 Å². The molecule has 0 unspecified atom stereocenters. The number of carbonyl (C=O) groups is 1. The Morgan fingerprint density at radius 3 is 2.52 bits per heavy atom. The van der Waals surface area contributed by atoms with E-state index < -0.39 is 17.4 Å². The number of hydrogen-bond acceptors (Lipinski definition) is 6. The van der Waals surface area contributed by atoms with E-state index in [2.05, 4.69) is 9.97 Å². The van der Waals surface area contributed by atoms with Gasteiger partial charge in [-0.3, -0.25) is 14.3 Å². The van der Waals surface area contributed by atoms with Crippen molar-refractivity contribution < 1.29 is 15.0 Å². The fourth-order valence-electron chi connectivity index (χ4n) is 3.46. The van der Waals surface area contributed by atoms with Crippen molar-refractivity contribution in [2.75, 3.05) is 0 Å². The van der Waals surface area contributed by atoms with Crippen LogP contribution in [0.2, 0.25) is 5.02 Å². The minimum absolute atomic E-state index is 0.0259. The summed E-state index contributed by atoms with van der Waals surface area (Å²) in [5.74, 6) is -1.45. The normalized spacial score (nSPS) is 11.1. The van der Waals surface area contributed by atoms with Crippen LogP contribution in [0.5, 0.6) is 11.6 Å². The summed E-state index contributed by atoms with van der Waals surface area (Å²) in [6.07, 6.45) is 2.98. The average Bonchev–Trinajstić information content (AvgIpc) is 3.34. The average molecular weight is 448 g/mol. The Hall–Kier alpha value is -3.68. The third-order valence-electron chi connectivity index (χ3n) is 4.87. The number of halogens is 1. The molecule has 6 nitrogen and oxygen atoms in total. The van der Waals surface area contributed by atoms with Gasteiger partial charge in [0.2, 0.25) is 11.7 Å². The Morgan fingerprint density at radius 1 is 1.00 bits per heavy atom. The van der Waals surface area contributed by atoms with Crippen LogP contribution >= 0.6 is 22.9 Å². The number of rotatable bonds is 4. The molecule has 0 atom stereocenters. The maximum absolute atomic E-state index is 13.3. The summed E-state index contributed by atoms with van der Waals surface area (Å²) < 4.78 is 2.20. The summed E-state index contributed by atoms with van der Waals surface area (Å²) in [6.45, 7) is 0. The lowest BCUT2D eigenvalue weighted by Gasteiger charge is -2.09. The van der Waals surface area contributed by atoms with Crippen LogP contribution in [0.25, 0.3) is 26.6 Å². The summed E-state index contributed by atoms with van der Waals surface area (Å²) in [5.41, 5.74) is 1.81. The lowest BCUT2D eigenvalue weighted by atomic mass is 10.0. The van der Waals surface area contributed by atoms with E-state index in [0.717, 1.165) is 4.70 Å². The largest absolute Gasteiger partial charge is 0.503 e. The van der Waals surface area contributed by atoms with Gasteiger partial charge in [0, 0.05) is 18.0 Å². The van der Waals surface area contributed by atoms with Crippen LogP contribution in [-0.4, -0.2) is 30.5 Å². The van der Waals surface area contributed by atoms with Gasteiger partial charge in [-0.2, -0.15) is 0 Å². The molecular formula is C23H14ClN3O3S. The Bertz CT molecular complexity index is 1430. The molecule has 5 aromatic rings. The van der Waals surface area contributed by atoms with Gasteiger partial charge < -0.3 is 10.2 Å². The zero-order valence-corrected chi connectivity index (χ0v) is 17.4. The standard InChI is InChI=1S/C23H14ClN3O3S/c24-15-9-4-10-16-18(15)26-23(31-16)27-19(13-6-2-1-3-7-13)17(21(29)22(27)30)20(28)14-8-5-11-25-12-14/h1-12,29-30H. The smallest absolute Gasteiger partial charge is 0.242 e. The number of carbonyl (C=O) groups excluding carboxylic acids is 1. The number of ketones is 1. The topological polar surface area (TPSA) is 88.2 Å². The van der Waals surface area contributed by atoms with E-state index in [-0.39, 0.29) is 5.56 Å². The highest BCUT2D eigenvalue weighted by Gasteiger charge is 2.31. The van der Waals surface area contributed by atoms with Gasteiger partial charge in [0.15, 0.2) is 10.9 Å². The molecule has 5 rings (SSSR count). The number of fused-ring (bicyclic) bond motifs is 1. The molecule has 0 bridgehead atoms. The number of pyridine rings is 1. The molecule has 31 heavy (non-hydrogen) atoms. The molecule has 0 radical (unpaired) electrons. The zero-order valence-electron chi connectivity index (χ0n) is 15.9. The second-order valence-corrected chi connectivity index (χ2v) is 8.17. The zero-order chi connectivity index (χ0) is 21.5. The Labute approximate surface area is 185 Å². The third kappa shape index (κ3) is 3.15. The molecule has 2 N–H and O–H groups in total. The summed E-state index contributed by atoms with van der Waals surface area (Å²) in [7, 11) is 0. The van der Waals surface area contributed by atoms with Crippen LogP contribution in [0, 0.1) is 0 Å². The van der Waals surface area contributed by atoms with Crippen molar-refractivity contribution >= 4 is 38.9 Å². The first-order valence-electron chi connectivity index (χ1n) is 9.28. The molecule has 152 valence electrons. The molecule has 0 aliphatic carbocycles. The molecule has 0 saturated heterocycles. The predicted molar refractivity (Wildman–Crippen MR) is 120 cm³/mol. The molecule has 2 aromatic carbocycles. The number of aromatic hydroxyl groups is 2. The van der Waals surface area contributed by atoms with Gasteiger partial charge in [-0.15, -0.1) is 0 Å². The lowest BCUT2D eigenvalue weighted by Crippen LogP contribution is -2.05. The Morgan fingerprint density at radius 2 is 1.81 bits per heavy atom. The maximum atomic E-state index is 13.3. The molecule has 8 heteroatoms. The van der Waals surface area contributed by atoms with Gasteiger partial charge >= 0.3 is 0 Å². The molecule has 0 spiro atoms. The number of benzene rings is 2. The van der Waals surface area contributed by atoms with Crippen molar-refractivity contribution in [1.82, 2.24) is 14.5 Å². The number of aromatic nitrogens is 3. The van der Waals surface area contributed by atoms with Crippen molar-refractivity contribution in [3.63, 3.8) is 0 Å². The van der Waals surface area contributed by atoms with Crippen molar-refractivity contribution in [3.05, 3.63) is 89.2 Å². The quantitative estimate of drug-likeness (QED) is 0.358. The Kier molecular flexibility index (Phi) is 4.69. The van der Waals surface area contributed by atoms with Crippen molar-refractivity contribution in [2.24, 2.45) is 0 Å². The number of para-hydroxylation sites is 1. The fourth-order valence-corrected chi connectivity index (χ4v) is 4.73. The van der Waals surface area contributed by atoms with Crippen LogP contribution in [0.1, 0.15) is 15.9 Å². The predicted octanol–water partition coefficient (Wildman–Crippen LogP) is 5.44. The van der Waals surface area contributed by atoms with Crippen LogP contribution in [0.3, 0.4) is 0 Å². The highest BCUT2D eigenvalue weighted by Crippen LogP contribution is 2.45. The molecular weight excluding hydrogens is 434 g/mol. The molecule has 0 aliphatic heterocycles. The SMILES string of the molecule is O=C(c1cccnc1)c1c(O)c(O)n(-c2nc3c(Cl)cccc3s2)c1-c1ccccc1. The minimum Gasteiger partial charge on any atom is -0.503 e. The highest BCUT2D eigenvalue weighted by molar-refractivity contribution is 7.21. The molecule has 0 aliphatic rings. The number of thiazole rings is 1. The second-order valence-electron chi connectivity index (χ2n) is 6.75. The second kappa shape index (κ2) is 7.54. The molecule has 3 heterocycles. The molecule has 0 amide bonds. The van der Waals surface area contributed by atoms with Gasteiger partial charge in [-0.05, 0) is 29.8 Å². The van der Waals surface area contributed by atoms with Crippen LogP contribution in [0.4, 0.5) is 0 Å². The van der Waals surface area contributed by atoms with Crippen LogP contribution in [0.15, 0.2) is 73.1 Å². The molecule has 3 aromatic heterocycles. The van der Waals surface area contributed by atoms with Gasteiger partial charge in [0.25, 0.3) is 0 Å². The summed E-state index contributed by atoms with van der Waals surface area (Å²) >= 11 is 7.57. The van der Waals surface area contributed by atoms with Gasteiger partial charge in [-0.25, -0.2) is 4.98 Å². The van der Waals surface area contributed by atoms with Gasteiger partial charge in [0.1, 0.15) is 5.52 Å². The third-order valence-corrected chi connectivity index (χ3v) is 6.18. The van der Waals surface area contributed by atoms with Crippen molar-refractivity contribution in [3.8, 4) is 28.0 Å². The Balaban J connectivity index is 1.83. The van der Waals surface area contributed by atoms with Crippen LogP contribution in [-0.2, 0) is 0 Å². The van der Waals surface area contributed by atoms with Gasteiger partial charge in [0.05, 0.1) is 21.0 Å². The monoisotopic (exact) mass is 447 g/mol. The number of hydrogen-bond donors (Lipinski definition) is 2. The number of nitrogens with zero attached hydrogens (tertiary/aromatic N) is 3. The summed E-state index contributed by atoms with van der Waals surface area (Å²) in [6, 6.07) is 17.7. The highest BCUT2D eigenvalue weighted by atomic mass is 35.5. The molecule has 0 saturated carbocycles. The van der Waals surface area contributed by atoms with Crippen molar-refractivity contribution in [1.29, 1.82) is 0 Å². The first kappa shape index (κ1) is 19.3. The van der Waals surface area contributed by atoms with Crippen molar-refractivity contribution in [2.45, 2.75) is 0 Å².